The van der Waals surface area contributed by atoms with Gasteiger partial charge >= 0.3 is 133 Å². The average Bonchev–Trinajstić information content (AvgIpc) is 2.46. The van der Waals surface area contributed by atoms with Crippen LogP contribution in [0.2, 0.25) is 4.31 Å². The van der Waals surface area contributed by atoms with Gasteiger partial charge in [0, 0.05) is 0 Å². The van der Waals surface area contributed by atoms with Gasteiger partial charge in [-0.1, -0.05) is 0 Å². The van der Waals surface area contributed by atoms with E-state index in [1.54, 1.807) is 6.92 Å². The molecular formula is C17H24O3Se. The maximum absolute atomic E-state index is 12.2. The minimum atomic E-state index is -0.863. The minimum absolute atomic E-state index is 0.189. The van der Waals surface area contributed by atoms with Crippen LogP contribution in [0.4, 0.5) is 0 Å². The molecule has 0 aromatic heterocycles. The van der Waals surface area contributed by atoms with Crippen molar-refractivity contribution in [1.29, 1.82) is 0 Å². The van der Waals surface area contributed by atoms with Crippen molar-refractivity contribution in [2.75, 3.05) is 7.11 Å². The predicted molar refractivity (Wildman–Crippen MR) is 86.9 cm³/mol. The molecule has 0 unspecified atom stereocenters. The molecule has 1 N–H and O–H groups in total. The van der Waals surface area contributed by atoms with Crippen molar-refractivity contribution in [2.24, 2.45) is 0 Å². The molecule has 0 spiro atoms. The number of carbonyl (C=O) groups excluding carboxylic acids is 1. The fourth-order valence-corrected chi connectivity index (χ4v) is 4.51. The molecule has 0 radical (unpaired) electrons. The predicted octanol–water partition coefficient (Wildman–Crippen LogP) is 2.48. The Bertz CT molecular complexity index is 480. The summed E-state index contributed by atoms with van der Waals surface area (Å²) in [6, 6.07) is 9.82. The zero-order chi connectivity index (χ0) is 15.9. The summed E-state index contributed by atoms with van der Waals surface area (Å²) in [5.41, 5.74) is 1.22. The van der Waals surface area contributed by atoms with Crippen LogP contribution in [0.15, 0.2) is 42.0 Å². The zero-order valence-electron chi connectivity index (χ0n) is 13.1. The van der Waals surface area contributed by atoms with Crippen LogP contribution in [-0.4, -0.2) is 39.2 Å². The molecule has 0 aliphatic carbocycles. The van der Waals surface area contributed by atoms with Gasteiger partial charge in [-0.05, 0) is 0 Å². The van der Waals surface area contributed by atoms with E-state index in [1.807, 2.05) is 44.2 Å². The monoisotopic (exact) mass is 356 g/mol. The molecule has 0 bridgehead atoms. The van der Waals surface area contributed by atoms with Gasteiger partial charge in [0.05, 0.1) is 0 Å². The first kappa shape index (κ1) is 18.0. The number of ether oxygens (including phenoxy) is 1. The second-order valence-corrected chi connectivity index (χ2v) is 8.59. The molecule has 0 aliphatic heterocycles. The van der Waals surface area contributed by atoms with Crippen LogP contribution in [0, 0.1) is 0 Å². The van der Waals surface area contributed by atoms with Crippen molar-refractivity contribution < 1.29 is 14.6 Å². The number of hydrogen-bond donors (Lipinski definition) is 1. The topological polar surface area (TPSA) is 46.5 Å². The number of benzene rings is 1. The van der Waals surface area contributed by atoms with E-state index in [4.69, 9.17) is 4.74 Å². The number of methoxy groups -OCH3 is 1. The van der Waals surface area contributed by atoms with E-state index in [0.29, 0.717) is 6.42 Å². The molecule has 0 fully saturated rings. The molecule has 0 amide bonds. The van der Waals surface area contributed by atoms with Gasteiger partial charge < -0.3 is 0 Å². The van der Waals surface area contributed by atoms with Crippen LogP contribution < -0.4 is 4.46 Å². The molecule has 3 nitrogen and oxygen atoms in total. The van der Waals surface area contributed by atoms with Crippen LogP contribution >= 0.6 is 0 Å². The van der Waals surface area contributed by atoms with Gasteiger partial charge in [-0.15, -0.1) is 0 Å². The Morgan fingerprint density at radius 3 is 2.52 bits per heavy atom. The summed E-state index contributed by atoms with van der Waals surface area (Å²) in [7, 11) is 1.38. The number of carbonyl (C=O) groups is 1. The first-order valence-electron chi connectivity index (χ1n) is 7.04. The fraction of sp³-hybridized carbons (Fsp3) is 0.471. The Kier molecular flexibility index (Phi) is 7.16. The van der Waals surface area contributed by atoms with Gasteiger partial charge in [0.25, 0.3) is 0 Å². The summed E-state index contributed by atoms with van der Waals surface area (Å²) in [5, 5.41) is 10.5. The summed E-state index contributed by atoms with van der Waals surface area (Å²) < 4.78 is 5.16. The summed E-state index contributed by atoms with van der Waals surface area (Å²) >= 11 is -0.189. The average molecular weight is 355 g/mol. The van der Waals surface area contributed by atoms with E-state index in [-0.39, 0.29) is 20.9 Å². The van der Waals surface area contributed by atoms with Crippen LogP contribution in [0.1, 0.15) is 33.6 Å². The zero-order valence-corrected chi connectivity index (χ0v) is 14.8. The summed E-state index contributed by atoms with van der Waals surface area (Å²) in [5.74, 6) is -0.337. The second kappa shape index (κ2) is 8.38. The Hall–Kier alpha value is -1.09. The maximum atomic E-state index is 12.2. The Labute approximate surface area is 133 Å². The Balaban J connectivity index is 2.87. The van der Waals surface area contributed by atoms with Crippen molar-refractivity contribution in [3.63, 3.8) is 0 Å². The number of aliphatic hydroxyl groups is 1. The molecule has 21 heavy (non-hydrogen) atoms. The Morgan fingerprint density at radius 1 is 1.38 bits per heavy atom. The molecular weight excluding hydrogens is 331 g/mol. The van der Waals surface area contributed by atoms with E-state index in [0.717, 1.165) is 10.9 Å². The fourth-order valence-electron chi connectivity index (χ4n) is 1.99. The van der Waals surface area contributed by atoms with Gasteiger partial charge in [0.2, 0.25) is 0 Å². The number of esters is 1. The summed E-state index contributed by atoms with van der Waals surface area (Å²) in [6.45, 7) is 5.86. The van der Waals surface area contributed by atoms with E-state index in [1.165, 1.54) is 12.7 Å². The number of allylic oxidation sites excluding steroid dienone is 2. The van der Waals surface area contributed by atoms with Crippen LogP contribution in [0.5, 0.6) is 0 Å². The third kappa shape index (κ3) is 5.31. The van der Waals surface area contributed by atoms with Crippen LogP contribution in [0.3, 0.4) is 0 Å². The van der Waals surface area contributed by atoms with Crippen molar-refractivity contribution >= 4 is 25.4 Å². The molecule has 1 aromatic rings. The summed E-state index contributed by atoms with van der Waals surface area (Å²) in [4.78, 5) is 12.2. The van der Waals surface area contributed by atoms with Crippen LogP contribution in [-0.2, 0) is 9.53 Å². The van der Waals surface area contributed by atoms with Crippen LogP contribution in [0.25, 0.3) is 0 Å². The van der Waals surface area contributed by atoms with Gasteiger partial charge in [0.1, 0.15) is 0 Å². The van der Waals surface area contributed by atoms with E-state index in [9.17, 15) is 9.90 Å². The van der Waals surface area contributed by atoms with Gasteiger partial charge in [0.15, 0.2) is 0 Å². The number of hydrogen-bond acceptors (Lipinski definition) is 3. The number of rotatable bonds is 7. The van der Waals surface area contributed by atoms with Crippen molar-refractivity contribution in [3.05, 3.63) is 42.0 Å². The van der Waals surface area contributed by atoms with Gasteiger partial charge in [-0.25, -0.2) is 0 Å². The third-order valence-electron chi connectivity index (χ3n) is 3.29. The SMILES string of the molecule is COC(=O)[C@](C)([Se]c1ccccc1)[C@H](O)CCC=C(C)C. The molecule has 2 atom stereocenters. The molecule has 1 rings (SSSR count). The standard InChI is InChI=1S/C17H24O3Se/c1-13(2)9-8-12-15(18)17(3,16(19)20-4)21-14-10-6-5-7-11-14/h5-7,9-11,15,18H,8,12H2,1-4H3/t15-,17-/m1/s1. The molecule has 0 heterocycles. The molecule has 0 saturated carbocycles. The third-order valence-corrected chi connectivity index (χ3v) is 6.17. The summed E-state index contributed by atoms with van der Waals surface area (Å²) in [6.07, 6.45) is 2.70. The second-order valence-electron chi connectivity index (χ2n) is 5.39. The molecule has 0 saturated heterocycles. The van der Waals surface area contributed by atoms with Crippen molar-refractivity contribution in [3.8, 4) is 0 Å². The first-order valence-corrected chi connectivity index (χ1v) is 8.75. The van der Waals surface area contributed by atoms with E-state index in [2.05, 4.69) is 6.08 Å². The molecule has 1 aromatic carbocycles. The van der Waals surface area contributed by atoms with Gasteiger partial charge in [-0.2, -0.15) is 0 Å². The normalized spacial score (nSPS) is 14.9. The Morgan fingerprint density at radius 2 is 2.00 bits per heavy atom. The molecule has 116 valence electrons. The van der Waals surface area contributed by atoms with Gasteiger partial charge in [-0.3, -0.25) is 0 Å². The molecule has 4 heteroatoms. The van der Waals surface area contributed by atoms with Crippen molar-refractivity contribution in [1.82, 2.24) is 0 Å². The first-order chi connectivity index (χ1) is 9.90. The molecule has 0 aliphatic rings. The number of aliphatic hydroxyl groups excluding tert-OH is 1. The van der Waals surface area contributed by atoms with E-state index >= 15 is 0 Å². The quantitative estimate of drug-likeness (QED) is 0.464. The van der Waals surface area contributed by atoms with Crippen molar-refractivity contribution in [2.45, 2.75) is 44.0 Å². The van der Waals surface area contributed by atoms with E-state index < -0.39 is 10.4 Å².